The van der Waals surface area contributed by atoms with E-state index >= 15 is 0 Å². The second kappa shape index (κ2) is 11.4. The highest BCUT2D eigenvalue weighted by Gasteiger charge is 2.29. The van der Waals surface area contributed by atoms with Crippen LogP contribution in [0.1, 0.15) is 37.7 Å². The van der Waals surface area contributed by atoms with E-state index in [1.807, 2.05) is 10.8 Å². The molecule has 3 N–H and O–H groups in total. The van der Waals surface area contributed by atoms with Crippen LogP contribution in [-0.4, -0.2) is 23.5 Å². The molecule has 0 fully saturated rings. The van der Waals surface area contributed by atoms with E-state index in [1.54, 1.807) is 36.4 Å². The first-order valence-corrected chi connectivity index (χ1v) is 16.1. The first-order chi connectivity index (χ1) is 20.9. The topological polar surface area (TPSA) is 98.3 Å². The standard InChI is InChI=1S/C34H30Cl2N4O3S/c1-34(2,3)25-12-8-23(9-13-25)22-6-4-21(5-7-22)18-30-37-32(33(38-30)28-17-14-26(35)19-29(28)36)24-10-15-27(16-11-24)40-20-31(41)39-44(40,42)43/h4-17,19-20,39,41H,18H2,1-3H3,(H,37,38). The van der Waals surface area contributed by atoms with Crippen molar-refractivity contribution in [1.82, 2.24) is 14.7 Å². The van der Waals surface area contributed by atoms with Gasteiger partial charge in [0.05, 0.1) is 28.3 Å². The molecule has 0 amide bonds. The van der Waals surface area contributed by atoms with Gasteiger partial charge >= 0.3 is 10.2 Å². The number of aliphatic hydroxyl groups excluding tert-OH is 1. The minimum atomic E-state index is -3.90. The van der Waals surface area contributed by atoms with Crippen molar-refractivity contribution in [3.8, 4) is 33.6 Å². The zero-order valence-corrected chi connectivity index (χ0v) is 26.6. The third kappa shape index (κ3) is 6.06. The van der Waals surface area contributed by atoms with Crippen LogP contribution in [0, 0.1) is 0 Å². The Kier molecular flexibility index (Phi) is 7.70. The van der Waals surface area contributed by atoms with Gasteiger partial charge in [-0.05, 0) is 58.0 Å². The lowest BCUT2D eigenvalue weighted by molar-refractivity contribution is 0.392. The summed E-state index contributed by atoms with van der Waals surface area (Å²) in [7, 11) is -3.90. The van der Waals surface area contributed by atoms with Gasteiger partial charge in [-0.2, -0.15) is 8.42 Å². The van der Waals surface area contributed by atoms with Gasteiger partial charge < -0.3 is 10.1 Å². The lowest BCUT2D eigenvalue weighted by Crippen LogP contribution is -2.29. The van der Waals surface area contributed by atoms with Gasteiger partial charge in [0.15, 0.2) is 0 Å². The van der Waals surface area contributed by atoms with Crippen molar-refractivity contribution in [2.75, 3.05) is 4.31 Å². The predicted octanol–water partition coefficient (Wildman–Crippen LogP) is 8.62. The summed E-state index contributed by atoms with van der Waals surface area (Å²) in [6.45, 7) is 6.63. The molecule has 4 aromatic carbocycles. The van der Waals surface area contributed by atoms with Gasteiger partial charge in [0, 0.05) is 22.6 Å². The molecule has 7 nitrogen and oxygen atoms in total. The molecule has 0 spiro atoms. The number of hydrogen-bond acceptors (Lipinski definition) is 4. The van der Waals surface area contributed by atoms with E-state index in [9.17, 15) is 13.5 Å². The third-order valence-corrected chi connectivity index (χ3v) is 9.34. The van der Waals surface area contributed by atoms with E-state index in [2.05, 4.69) is 74.3 Å². The smallest absolute Gasteiger partial charge is 0.330 e. The van der Waals surface area contributed by atoms with Gasteiger partial charge in [0.1, 0.15) is 5.82 Å². The average Bonchev–Trinajstić information content (AvgIpc) is 3.51. The fourth-order valence-corrected chi connectivity index (χ4v) is 6.70. The third-order valence-electron chi connectivity index (χ3n) is 7.49. The minimum absolute atomic E-state index is 0.106. The Balaban J connectivity index is 1.31. The Morgan fingerprint density at radius 3 is 2.02 bits per heavy atom. The summed E-state index contributed by atoms with van der Waals surface area (Å²) in [5.41, 5.74) is 8.03. The van der Waals surface area contributed by atoms with Crippen molar-refractivity contribution in [3.63, 3.8) is 0 Å². The summed E-state index contributed by atoms with van der Waals surface area (Å²) in [6.07, 6.45) is 1.67. The SMILES string of the molecule is CC(C)(C)c1ccc(-c2ccc(Cc3nc(-c4ccc(N5C=C(O)NS5(=O)=O)cc4)c(-c4ccc(Cl)cc4Cl)[nH]3)cc2)cc1. The molecular weight excluding hydrogens is 615 g/mol. The van der Waals surface area contributed by atoms with Crippen molar-refractivity contribution in [3.05, 3.63) is 130 Å². The van der Waals surface area contributed by atoms with Crippen molar-refractivity contribution >= 4 is 39.1 Å². The molecule has 224 valence electrons. The first kappa shape index (κ1) is 29.8. The molecule has 0 bridgehead atoms. The van der Waals surface area contributed by atoms with E-state index in [4.69, 9.17) is 28.2 Å². The zero-order valence-electron chi connectivity index (χ0n) is 24.3. The number of nitrogens with zero attached hydrogens (tertiary/aromatic N) is 2. The lowest BCUT2D eigenvalue weighted by Gasteiger charge is -2.19. The molecule has 1 aromatic heterocycles. The molecule has 2 heterocycles. The largest absolute Gasteiger partial charge is 0.493 e. The number of rotatable bonds is 6. The molecule has 1 aliphatic rings. The van der Waals surface area contributed by atoms with E-state index in [1.165, 1.54) is 5.56 Å². The molecular formula is C34H30Cl2N4O3S. The number of nitrogens with one attached hydrogen (secondary N) is 2. The van der Waals surface area contributed by atoms with Crippen LogP contribution < -0.4 is 9.03 Å². The summed E-state index contributed by atoms with van der Waals surface area (Å²) in [5, 5.41) is 10.7. The van der Waals surface area contributed by atoms with Crippen LogP contribution in [0.5, 0.6) is 0 Å². The monoisotopic (exact) mass is 644 g/mol. The highest BCUT2D eigenvalue weighted by Crippen LogP contribution is 2.37. The Labute approximate surface area is 267 Å². The van der Waals surface area contributed by atoms with Crippen LogP contribution in [0.2, 0.25) is 10.0 Å². The lowest BCUT2D eigenvalue weighted by atomic mass is 9.86. The number of aliphatic hydroxyl groups is 1. The maximum absolute atomic E-state index is 12.3. The zero-order chi connectivity index (χ0) is 31.2. The highest BCUT2D eigenvalue weighted by atomic mass is 35.5. The number of hydrogen-bond donors (Lipinski definition) is 3. The minimum Gasteiger partial charge on any atom is -0.493 e. The molecule has 0 aliphatic carbocycles. The van der Waals surface area contributed by atoms with Gasteiger partial charge in [-0.3, -0.25) is 0 Å². The van der Waals surface area contributed by atoms with Crippen molar-refractivity contribution in [1.29, 1.82) is 0 Å². The molecule has 6 rings (SSSR count). The van der Waals surface area contributed by atoms with Gasteiger partial charge in [-0.1, -0.05) is 105 Å². The highest BCUT2D eigenvalue weighted by molar-refractivity contribution is 7.91. The number of benzene rings is 4. The average molecular weight is 646 g/mol. The van der Waals surface area contributed by atoms with Crippen LogP contribution in [0.4, 0.5) is 5.69 Å². The van der Waals surface area contributed by atoms with E-state index in [0.717, 1.165) is 49.8 Å². The summed E-state index contributed by atoms with van der Waals surface area (Å²) in [6, 6.07) is 29.3. The molecule has 0 saturated heterocycles. The molecule has 10 heteroatoms. The number of aromatic amines is 1. The summed E-state index contributed by atoms with van der Waals surface area (Å²) in [4.78, 5) is 8.42. The summed E-state index contributed by atoms with van der Waals surface area (Å²) in [5.74, 6) is 0.295. The fraction of sp³-hybridized carbons (Fsp3) is 0.147. The van der Waals surface area contributed by atoms with Crippen molar-refractivity contribution < 1.29 is 13.5 Å². The molecule has 1 aliphatic heterocycles. The number of imidazole rings is 1. The second-order valence-electron chi connectivity index (χ2n) is 11.7. The Morgan fingerprint density at radius 1 is 0.841 bits per heavy atom. The van der Waals surface area contributed by atoms with Crippen LogP contribution in [-0.2, 0) is 22.0 Å². The van der Waals surface area contributed by atoms with Crippen LogP contribution in [0.25, 0.3) is 33.6 Å². The molecule has 0 radical (unpaired) electrons. The van der Waals surface area contributed by atoms with Gasteiger partial charge in [-0.25, -0.2) is 14.0 Å². The summed E-state index contributed by atoms with van der Waals surface area (Å²) >= 11 is 12.8. The number of halogens is 2. The van der Waals surface area contributed by atoms with Crippen LogP contribution in [0.15, 0.2) is 103 Å². The Hall–Kier alpha value is -4.24. The van der Waals surface area contributed by atoms with Gasteiger partial charge in [0.2, 0.25) is 5.88 Å². The molecule has 0 unspecified atom stereocenters. The van der Waals surface area contributed by atoms with Gasteiger partial charge in [0.25, 0.3) is 0 Å². The predicted molar refractivity (Wildman–Crippen MR) is 178 cm³/mol. The number of H-pyrrole nitrogens is 1. The second-order valence-corrected chi connectivity index (χ2v) is 14.1. The molecule has 5 aromatic rings. The van der Waals surface area contributed by atoms with Crippen molar-refractivity contribution in [2.24, 2.45) is 0 Å². The van der Waals surface area contributed by atoms with Crippen LogP contribution in [0.3, 0.4) is 0 Å². The van der Waals surface area contributed by atoms with Gasteiger partial charge in [-0.15, -0.1) is 0 Å². The maximum Gasteiger partial charge on any atom is 0.330 e. The van der Waals surface area contributed by atoms with Crippen LogP contribution >= 0.6 is 23.2 Å². The number of anilines is 1. The molecule has 0 saturated carbocycles. The van der Waals surface area contributed by atoms with E-state index < -0.39 is 16.1 Å². The Morgan fingerprint density at radius 2 is 1.45 bits per heavy atom. The van der Waals surface area contributed by atoms with Crippen molar-refractivity contribution in [2.45, 2.75) is 32.6 Å². The first-order valence-electron chi connectivity index (χ1n) is 13.9. The number of aromatic nitrogens is 2. The normalized spacial score (nSPS) is 14.4. The maximum atomic E-state index is 12.3. The van der Waals surface area contributed by atoms with E-state index in [-0.39, 0.29) is 5.41 Å². The molecule has 44 heavy (non-hydrogen) atoms. The summed E-state index contributed by atoms with van der Waals surface area (Å²) < 4.78 is 27.7. The molecule has 0 atom stereocenters. The quantitative estimate of drug-likeness (QED) is 0.172. The fourth-order valence-electron chi connectivity index (χ4n) is 5.14. The Bertz CT molecular complexity index is 1980. The van der Waals surface area contributed by atoms with E-state index in [0.29, 0.717) is 27.8 Å².